The van der Waals surface area contributed by atoms with Gasteiger partial charge in [-0.05, 0) is 0 Å². The van der Waals surface area contributed by atoms with Gasteiger partial charge in [0.25, 0.3) is 0 Å². The van der Waals surface area contributed by atoms with Crippen LogP contribution >= 0.6 is 0 Å². The minimum Gasteiger partial charge on any atom is -0.378 e. The minimum absolute atomic E-state index is 0.660. The fourth-order valence-corrected chi connectivity index (χ4v) is 1.15. The normalized spacial score (nSPS) is 30.7. The van der Waals surface area contributed by atoms with E-state index in [9.17, 15) is 0 Å². The molecule has 3 heteroatoms. The zero-order valence-electron chi connectivity index (χ0n) is 5.38. The van der Waals surface area contributed by atoms with Crippen LogP contribution in [0.15, 0.2) is 0 Å². The predicted octanol–water partition coefficient (Wildman–Crippen LogP) is -0.325. The molecule has 0 aromatic heterocycles. The summed E-state index contributed by atoms with van der Waals surface area (Å²) in [7, 11) is 0. The highest BCUT2D eigenvalue weighted by molar-refractivity contribution is 4.77. The van der Waals surface area contributed by atoms with Gasteiger partial charge in [-0.25, -0.2) is 0 Å². The van der Waals surface area contributed by atoms with Crippen LogP contribution in [0.25, 0.3) is 0 Å². The lowest BCUT2D eigenvalue weighted by Gasteiger charge is -2.32. The van der Waals surface area contributed by atoms with E-state index in [-0.39, 0.29) is 0 Å². The Kier molecular flexibility index (Phi) is 1.41. The fraction of sp³-hybridized carbons (Fsp3) is 1.00. The molecule has 2 aliphatic heterocycles. The Morgan fingerprint density at radius 1 is 1.22 bits per heavy atom. The summed E-state index contributed by atoms with van der Waals surface area (Å²) in [6.45, 7) is 4.62. The molecular weight excluding hydrogens is 118 g/mol. The monoisotopic (exact) mass is 129 g/mol. The van der Waals surface area contributed by atoms with E-state index in [2.05, 4.69) is 4.90 Å². The van der Waals surface area contributed by atoms with Crippen molar-refractivity contribution in [1.82, 2.24) is 4.90 Å². The smallest absolute Gasteiger partial charge is 0.0995 e. The molecule has 0 N–H and O–H groups in total. The average Bonchev–Trinajstić information content (AvgIpc) is 2.11. The van der Waals surface area contributed by atoms with E-state index < -0.39 is 0 Å². The van der Waals surface area contributed by atoms with Crippen LogP contribution in [-0.4, -0.2) is 44.0 Å². The molecule has 52 valence electrons. The number of ether oxygens (including phenoxy) is 2. The zero-order chi connectivity index (χ0) is 6.10. The van der Waals surface area contributed by atoms with Gasteiger partial charge in [-0.3, -0.25) is 4.90 Å². The lowest BCUT2D eigenvalue weighted by atomic mass is 10.2. The molecule has 2 fully saturated rings. The van der Waals surface area contributed by atoms with Crippen molar-refractivity contribution in [3.05, 3.63) is 0 Å². The quantitative estimate of drug-likeness (QED) is 0.484. The largest absolute Gasteiger partial charge is 0.378 e. The summed E-state index contributed by atoms with van der Waals surface area (Å²) in [6, 6.07) is 0.660. The Labute approximate surface area is 54.5 Å². The van der Waals surface area contributed by atoms with E-state index in [1.807, 2.05) is 0 Å². The standard InChI is InChI=1S/C6H11NO2/c1-2-8-5-7(1)6-3-9-4-6/h6H,1-5H2. The third-order valence-electron chi connectivity index (χ3n) is 1.92. The van der Waals surface area contributed by atoms with Crippen LogP contribution in [0.3, 0.4) is 0 Å². The van der Waals surface area contributed by atoms with Gasteiger partial charge in [0.15, 0.2) is 0 Å². The van der Waals surface area contributed by atoms with E-state index in [0.717, 1.165) is 33.1 Å². The Morgan fingerprint density at radius 3 is 2.56 bits per heavy atom. The van der Waals surface area contributed by atoms with Gasteiger partial charge in [0.05, 0.1) is 32.6 Å². The summed E-state index contributed by atoms with van der Waals surface area (Å²) >= 11 is 0. The molecule has 0 aliphatic carbocycles. The highest BCUT2D eigenvalue weighted by atomic mass is 16.5. The average molecular weight is 129 g/mol. The molecular formula is C6H11NO2. The summed E-state index contributed by atoms with van der Waals surface area (Å²) in [6.07, 6.45) is 0. The van der Waals surface area contributed by atoms with Crippen molar-refractivity contribution in [2.45, 2.75) is 6.04 Å². The molecule has 0 bridgehead atoms. The molecule has 0 spiro atoms. The van der Waals surface area contributed by atoms with Gasteiger partial charge >= 0.3 is 0 Å². The van der Waals surface area contributed by atoms with Crippen molar-refractivity contribution >= 4 is 0 Å². The number of nitrogens with zero attached hydrogens (tertiary/aromatic N) is 1. The maximum Gasteiger partial charge on any atom is 0.0995 e. The van der Waals surface area contributed by atoms with E-state index in [0.29, 0.717) is 6.04 Å². The van der Waals surface area contributed by atoms with Gasteiger partial charge < -0.3 is 9.47 Å². The molecule has 0 radical (unpaired) electrons. The van der Waals surface area contributed by atoms with Crippen molar-refractivity contribution in [3.63, 3.8) is 0 Å². The van der Waals surface area contributed by atoms with Crippen molar-refractivity contribution in [3.8, 4) is 0 Å². The van der Waals surface area contributed by atoms with Crippen molar-refractivity contribution < 1.29 is 9.47 Å². The lowest BCUT2D eigenvalue weighted by molar-refractivity contribution is -0.0683. The van der Waals surface area contributed by atoms with Crippen LogP contribution in [0.5, 0.6) is 0 Å². The summed E-state index contributed by atoms with van der Waals surface area (Å²) < 4.78 is 10.2. The number of hydrogen-bond donors (Lipinski definition) is 0. The molecule has 2 saturated heterocycles. The second-order valence-electron chi connectivity index (χ2n) is 2.54. The summed E-state index contributed by atoms with van der Waals surface area (Å²) in [4.78, 5) is 2.32. The Bertz CT molecular complexity index is 97.2. The molecule has 0 saturated carbocycles. The van der Waals surface area contributed by atoms with Gasteiger partial charge in [-0.15, -0.1) is 0 Å². The van der Waals surface area contributed by atoms with Gasteiger partial charge in [-0.1, -0.05) is 0 Å². The maximum absolute atomic E-state index is 5.18. The van der Waals surface area contributed by atoms with Crippen molar-refractivity contribution in [2.24, 2.45) is 0 Å². The molecule has 0 aromatic carbocycles. The first-order valence-electron chi connectivity index (χ1n) is 3.36. The predicted molar refractivity (Wildman–Crippen MR) is 32.1 cm³/mol. The third kappa shape index (κ3) is 0.956. The molecule has 2 aliphatic rings. The minimum atomic E-state index is 0.660. The third-order valence-corrected chi connectivity index (χ3v) is 1.92. The Balaban J connectivity index is 1.82. The van der Waals surface area contributed by atoms with Crippen molar-refractivity contribution in [1.29, 1.82) is 0 Å². The summed E-state index contributed by atoms with van der Waals surface area (Å²) in [5, 5.41) is 0. The van der Waals surface area contributed by atoms with Crippen LogP contribution < -0.4 is 0 Å². The first-order valence-corrected chi connectivity index (χ1v) is 3.36. The first kappa shape index (κ1) is 5.65. The molecule has 0 aromatic rings. The molecule has 2 heterocycles. The van der Waals surface area contributed by atoms with Crippen LogP contribution in [0.1, 0.15) is 0 Å². The van der Waals surface area contributed by atoms with Gasteiger partial charge in [0.1, 0.15) is 0 Å². The molecule has 0 amide bonds. The molecule has 2 rings (SSSR count). The molecule has 9 heavy (non-hydrogen) atoms. The Hall–Kier alpha value is -0.120. The van der Waals surface area contributed by atoms with Crippen molar-refractivity contribution in [2.75, 3.05) is 33.1 Å². The fourth-order valence-electron chi connectivity index (χ4n) is 1.15. The van der Waals surface area contributed by atoms with Crippen LogP contribution in [0.2, 0.25) is 0 Å². The van der Waals surface area contributed by atoms with E-state index in [1.54, 1.807) is 0 Å². The highest BCUT2D eigenvalue weighted by Crippen LogP contribution is 2.12. The van der Waals surface area contributed by atoms with E-state index >= 15 is 0 Å². The van der Waals surface area contributed by atoms with Gasteiger partial charge in [0, 0.05) is 6.54 Å². The summed E-state index contributed by atoms with van der Waals surface area (Å²) in [5.41, 5.74) is 0. The van der Waals surface area contributed by atoms with Gasteiger partial charge in [0.2, 0.25) is 0 Å². The van der Waals surface area contributed by atoms with Crippen LogP contribution in [0, 0.1) is 0 Å². The second-order valence-corrected chi connectivity index (χ2v) is 2.54. The number of hydrogen-bond acceptors (Lipinski definition) is 3. The first-order chi connectivity index (χ1) is 4.47. The maximum atomic E-state index is 5.18. The second kappa shape index (κ2) is 2.25. The van der Waals surface area contributed by atoms with Gasteiger partial charge in [-0.2, -0.15) is 0 Å². The molecule has 0 unspecified atom stereocenters. The molecule has 0 atom stereocenters. The topological polar surface area (TPSA) is 21.7 Å². The number of rotatable bonds is 1. The van der Waals surface area contributed by atoms with Crippen LogP contribution in [0.4, 0.5) is 0 Å². The molecule has 3 nitrogen and oxygen atoms in total. The van der Waals surface area contributed by atoms with E-state index in [4.69, 9.17) is 9.47 Å². The summed E-state index contributed by atoms with van der Waals surface area (Å²) in [5.74, 6) is 0. The van der Waals surface area contributed by atoms with E-state index in [1.165, 1.54) is 0 Å². The SMILES string of the molecule is C1CN(C2COC2)CO1. The highest BCUT2D eigenvalue weighted by Gasteiger charge is 2.27. The lowest BCUT2D eigenvalue weighted by Crippen LogP contribution is -2.47. The van der Waals surface area contributed by atoms with Crippen LogP contribution in [-0.2, 0) is 9.47 Å². The zero-order valence-corrected chi connectivity index (χ0v) is 5.38. The Morgan fingerprint density at radius 2 is 2.11 bits per heavy atom.